The lowest BCUT2D eigenvalue weighted by molar-refractivity contribution is 0.0640. The molecular weight excluding hydrogens is 328 g/mol. The van der Waals surface area contributed by atoms with Crippen LogP contribution in [0.15, 0.2) is 36.9 Å². The Bertz CT molecular complexity index is 721. The summed E-state index contributed by atoms with van der Waals surface area (Å²) in [6, 6.07) is 4.01. The molecule has 26 heavy (non-hydrogen) atoms. The van der Waals surface area contributed by atoms with E-state index in [4.69, 9.17) is 4.74 Å². The first kappa shape index (κ1) is 18.4. The van der Waals surface area contributed by atoms with Gasteiger partial charge in [0.1, 0.15) is 5.82 Å². The largest absolute Gasteiger partial charge is 0.449 e. The van der Waals surface area contributed by atoms with E-state index in [1.54, 1.807) is 6.20 Å². The summed E-state index contributed by atoms with van der Waals surface area (Å²) in [5.41, 5.74) is 1.12. The molecule has 1 aliphatic heterocycles. The van der Waals surface area contributed by atoms with Crippen LogP contribution in [0, 0.1) is 5.41 Å². The normalized spacial score (nSPS) is 18.0. The van der Waals surface area contributed by atoms with Gasteiger partial charge in [-0.3, -0.25) is 4.98 Å². The molecule has 1 fully saturated rings. The first-order valence-electron chi connectivity index (χ1n) is 9.24. The first-order valence-corrected chi connectivity index (χ1v) is 9.24. The Morgan fingerprint density at radius 2 is 2.19 bits per heavy atom. The van der Waals surface area contributed by atoms with Crippen molar-refractivity contribution >= 4 is 6.09 Å². The van der Waals surface area contributed by atoms with E-state index in [-0.39, 0.29) is 17.4 Å². The van der Waals surface area contributed by atoms with E-state index < -0.39 is 0 Å². The van der Waals surface area contributed by atoms with Gasteiger partial charge in [0.2, 0.25) is 0 Å². The fourth-order valence-electron chi connectivity index (χ4n) is 3.23. The number of likely N-dealkylation sites (tertiary alicyclic amines) is 1. The minimum Gasteiger partial charge on any atom is -0.449 e. The fourth-order valence-corrected chi connectivity index (χ4v) is 3.23. The van der Waals surface area contributed by atoms with Crippen molar-refractivity contribution in [2.75, 3.05) is 19.7 Å². The van der Waals surface area contributed by atoms with Crippen LogP contribution in [0.25, 0.3) is 0 Å². The first-order chi connectivity index (χ1) is 12.4. The molecule has 6 nitrogen and oxygen atoms in total. The topological polar surface area (TPSA) is 60.2 Å². The molecule has 2 aromatic heterocycles. The Labute approximate surface area is 155 Å². The van der Waals surface area contributed by atoms with Crippen LogP contribution in [-0.2, 0) is 11.3 Å². The molecule has 0 N–H and O–H groups in total. The summed E-state index contributed by atoms with van der Waals surface area (Å²) >= 11 is 0. The van der Waals surface area contributed by atoms with Gasteiger partial charge in [-0.15, -0.1) is 0 Å². The predicted molar refractivity (Wildman–Crippen MR) is 99.9 cm³/mol. The Balaban J connectivity index is 1.65. The lowest BCUT2D eigenvalue weighted by Crippen LogP contribution is -2.41. The smallest absolute Gasteiger partial charge is 0.409 e. The van der Waals surface area contributed by atoms with Gasteiger partial charge in [-0.25, -0.2) is 9.78 Å². The molecule has 1 amide bonds. The van der Waals surface area contributed by atoms with Crippen LogP contribution in [0.2, 0.25) is 0 Å². The molecule has 0 spiro atoms. The number of hydrogen-bond acceptors (Lipinski definition) is 4. The van der Waals surface area contributed by atoms with Crippen molar-refractivity contribution in [3.63, 3.8) is 0 Å². The van der Waals surface area contributed by atoms with Crippen molar-refractivity contribution in [1.82, 2.24) is 19.4 Å². The van der Waals surface area contributed by atoms with Crippen molar-refractivity contribution < 1.29 is 9.53 Å². The molecule has 0 aromatic carbocycles. The summed E-state index contributed by atoms with van der Waals surface area (Å²) in [5, 5.41) is 0. The standard InChI is InChI=1S/C20H28N4O2/c1-20(2,3)15-26-19(25)24-10-5-7-17(14-24)18-22-9-11-23(18)13-16-6-4-8-21-12-16/h4,6,8-9,11-12,17H,5,7,10,13-15H2,1-3H3/t17-/m1/s1. The van der Waals surface area contributed by atoms with Crippen molar-refractivity contribution in [2.45, 2.75) is 46.1 Å². The van der Waals surface area contributed by atoms with Crippen LogP contribution >= 0.6 is 0 Å². The number of carbonyl (C=O) groups excluding carboxylic acids is 1. The Morgan fingerprint density at radius 3 is 2.92 bits per heavy atom. The number of piperidine rings is 1. The molecule has 2 aromatic rings. The number of imidazole rings is 1. The zero-order valence-electron chi connectivity index (χ0n) is 15.9. The second-order valence-corrected chi connectivity index (χ2v) is 8.18. The van der Waals surface area contributed by atoms with Crippen LogP contribution in [0.1, 0.15) is 50.9 Å². The second kappa shape index (κ2) is 7.89. The van der Waals surface area contributed by atoms with E-state index >= 15 is 0 Å². The number of carbonyl (C=O) groups is 1. The average molecular weight is 356 g/mol. The van der Waals surface area contributed by atoms with E-state index in [1.165, 1.54) is 0 Å². The molecule has 1 aliphatic rings. The van der Waals surface area contributed by atoms with E-state index in [2.05, 4.69) is 41.4 Å². The molecule has 0 saturated carbocycles. The summed E-state index contributed by atoms with van der Waals surface area (Å²) in [7, 11) is 0. The van der Waals surface area contributed by atoms with E-state index in [9.17, 15) is 4.79 Å². The van der Waals surface area contributed by atoms with Gasteiger partial charge < -0.3 is 14.2 Å². The number of pyridine rings is 1. The van der Waals surface area contributed by atoms with E-state index in [1.807, 2.05) is 29.6 Å². The summed E-state index contributed by atoms with van der Waals surface area (Å²) in [6.45, 7) is 8.78. The number of aromatic nitrogens is 3. The van der Waals surface area contributed by atoms with Gasteiger partial charge in [-0.1, -0.05) is 26.8 Å². The van der Waals surface area contributed by atoms with Gasteiger partial charge in [0.25, 0.3) is 0 Å². The maximum atomic E-state index is 12.4. The molecule has 1 saturated heterocycles. The maximum Gasteiger partial charge on any atom is 0.409 e. The number of rotatable bonds is 4. The molecule has 0 unspecified atom stereocenters. The van der Waals surface area contributed by atoms with Crippen LogP contribution in [0.4, 0.5) is 4.79 Å². The maximum absolute atomic E-state index is 12.4. The molecule has 3 rings (SSSR count). The van der Waals surface area contributed by atoms with Crippen LogP contribution in [0.3, 0.4) is 0 Å². The van der Waals surface area contributed by atoms with Gasteiger partial charge >= 0.3 is 6.09 Å². The molecule has 0 aliphatic carbocycles. The molecular formula is C20H28N4O2. The molecule has 140 valence electrons. The zero-order chi connectivity index (χ0) is 18.6. The molecule has 1 atom stereocenters. The second-order valence-electron chi connectivity index (χ2n) is 8.18. The summed E-state index contributed by atoms with van der Waals surface area (Å²) in [4.78, 5) is 23.0. The van der Waals surface area contributed by atoms with Crippen molar-refractivity contribution in [3.05, 3.63) is 48.3 Å². The third-order valence-electron chi connectivity index (χ3n) is 4.50. The molecule has 0 radical (unpaired) electrons. The monoisotopic (exact) mass is 356 g/mol. The average Bonchev–Trinajstić information content (AvgIpc) is 3.08. The summed E-state index contributed by atoms with van der Waals surface area (Å²) in [6.07, 6.45) is 9.28. The quantitative estimate of drug-likeness (QED) is 0.838. The summed E-state index contributed by atoms with van der Waals surface area (Å²) in [5.74, 6) is 1.26. The Kier molecular flexibility index (Phi) is 5.59. The van der Waals surface area contributed by atoms with Crippen molar-refractivity contribution in [3.8, 4) is 0 Å². The fraction of sp³-hybridized carbons (Fsp3) is 0.550. The van der Waals surface area contributed by atoms with Gasteiger partial charge in [0.15, 0.2) is 0 Å². The Hall–Kier alpha value is -2.37. The number of ether oxygens (including phenoxy) is 1. The Morgan fingerprint density at radius 1 is 1.35 bits per heavy atom. The highest BCUT2D eigenvalue weighted by Gasteiger charge is 2.29. The highest BCUT2D eigenvalue weighted by Crippen LogP contribution is 2.27. The van der Waals surface area contributed by atoms with Crippen molar-refractivity contribution in [1.29, 1.82) is 0 Å². The zero-order valence-corrected chi connectivity index (χ0v) is 15.9. The highest BCUT2D eigenvalue weighted by molar-refractivity contribution is 5.67. The van der Waals surface area contributed by atoms with Gasteiger partial charge in [0, 0.05) is 43.8 Å². The van der Waals surface area contributed by atoms with Crippen LogP contribution in [-0.4, -0.2) is 45.2 Å². The van der Waals surface area contributed by atoms with Gasteiger partial charge in [-0.2, -0.15) is 0 Å². The number of nitrogens with zero attached hydrogens (tertiary/aromatic N) is 4. The van der Waals surface area contributed by atoms with Gasteiger partial charge in [0.05, 0.1) is 13.2 Å². The highest BCUT2D eigenvalue weighted by atomic mass is 16.6. The molecule has 6 heteroatoms. The minimum absolute atomic E-state index is 0.0230. The number of hydrogen-bond donors (Lipinski definition) is 0. The molecule has 3 heterocycles. The van der Waals surface area contributed by atoms with Gasteiger partial charge in [-0.05, 0) is 29.9 Å². The third-order valence-corrected chi connectivity index (χ3v) is 4.50. The predicted octanol–water partition coefficient (Wildman–Crippen LogP) is 3.69. The van der Waals surface area contributed by atoms with Crippen LogP contribution in [0.5, 0.6) is 0 Å². The summed E-state index contributed by atoms with van der Waals surface area (Å²) < 4.78 is 7.65. The SMILES string of the molecule is CC(C)(C)COC(=O)N1CCC[C@@H](c2nccn2Cc2cccnc2)C1. The van der Waals surface area contributed by atoms with E-state index in [0.717, 1.165) is 37.3 Å². The minimum atomic E-state index is -0.213. The third kappa shape index (κ3) is 4.84. The lowest BCUT2D eigenvalue weighted by atomic mass is 9.97. The number of amides is 1. The van der Waals surface area contributed by atoms with Crippen molar-refractivity contribution in [2.24, 2.45) is 5.41 Å². The molecule has 0 bridgehead atoms. The van der Waals surface area contributed by atoms with Crippen LogP contribution < -0.4 is 0 Å². The lowest BCUT2D eigenvalue weighted by Gasteiger charge is -2.32. The van der Waals surface area contributed by atoms with E-state index in [0.29, 0.717) is 13.2 Å².